The van der Waals surface area contributed by atoms with E-state index in [0.29, 0.717) is 16.9 Å². The summed E-state index contributed by atoms with van der Waals surface area (Å²) >= 11 is 5.88. The van der Waals surface area contributed by atoms with E-state index in [4.69, 9.17) is 11.6 Å². The van der Waals surface area contributed by atoms with Crippen molar-refractivity contribution >= 4 is 28.9 Å². The van der Waals surface area contributed by atoms with E-state index < -0.39 is 0 Å². The summed E-state index contributed by atoms with van der Waals surface area (Å²) in [7, 11) is 0. The molecule has 0 radical (unpaired) electrons. The summed E-state index contributed by atoms with van der Waals surface area (Å²) in [5.74, 6) is 0.228. The Kier molecular flexibility index (Phi) is 6.26. The predicted molar refractivity (Wildman–Crippen MR) is 111 cm³/mol. The lowest BCUT2D eigenvalue weighted by atomic mass is 10.2. The standard InChI is InChI=1S/C20H23ClN6O/c1-4-26(14(2)3)18-11-9-17(10-12-18)22-19(28)13-27-24-20(23-25-27)15-5-7-16(21)8-6-15/h5-12,14H,4,13H2,1-3H3,(H,22,28). The van der Waals surface area contributed by atoms with Gasteiger partial charge in [-0.1, -0.05) is 11.6 Å². The first-order valence-electron chi connectivity index (χ1n) is 9.16. The van der Waals surface area contributed by atoms with Crippen LogP contribution in [-0.4, -0.2) is 38.7 Å². The Hall–Kier alpha value is -2.93. The molecule has 0 aliphatic heterocycles. The molecule has 1 heterocycles. The van der Waals surface area contributed by atoms with Crippen LogP contribution >= 0.6 is 11.6 Å². The molecule has 7 nitrogen and oxygen atoms in total. The normalized spacial score (nSPS) is 10.9. The molecule has 0 fully saturated rings. The number of aromatic nitrogens is 4. The molecule has 0 saturated heterocycles. The molecule has 0 bridgehead atoms. The van der Waals surface area contributed by atoms with Gasteiger partial charge < -0.3 is 10.2 Å². The second-order valence-electron chi connectivity index (χ2n) is 6.63. The fourth-order valence-corrected chi connectivity index (χ4v) is 3.06. The van der Waals surface area contributed by atoms with Gasteiger partial charge in [0.1, 0.15) is 6.54 Å². The number of tetrazole rings is 1. The third-order valence-electron chi connectivity index (χ3n) is 4.29. The molecule has 3 rings (SSSR count). The lowest BCUT2D eigenvalue weighted by molar-refractivity contribution is -0.117. The van der Waals surface area contributed by atoms with Gasteiger partial charge in [0.15, 0.2) is 0 Å². The van der Waals surface area contributed by atoms with Gasteiger partial charge in [-0.15, -0.1) is 10.2 Å². The highest BCUT2D eigenvalue weighted by Crippen LogP contribution is 2.20. The SMILES string of the molecule is CCN(c1ccc(NC(=O)Cn2nnc(-c3ccc(Cl)cc3)n2)cc1)C(C)C. The van der Waals surface area contributed by atoms with E-state index in [-0.39, 0.29) is 12.5 Å². The van der Waals surface area contributed by atoms with E-state index in [9.17, 15) is 4.79 Å². The minimum absolute atomic E-state index is 0.0184. The van der Waals surface area contributed by atoms with E-state index in [1.807, 2.05) is 36.4 Å². The number of anilines is 2. The van der Waals surface area contributed by atoms with E-state index in [0.717, 1.165) is 23.5 Å². The molecule has 1 amide bonds. The number of rotatable bonds is 7. The fraction of sp³-hybridized carbons (Fsp3) is 0.300. The molecule has 1 N–H and O–H groups in total. The maximum atomic E-state index is 12.3. The molecular weight excluding hydrogens is 376 g/mol. The van der Waals surface area contributed by atoms with E-state index in [2.05, 4.69) is 46.4 Å². The number of nitrogens with zero attached hydrogens (tertiary/aromatic N) is 5. The van der Waals surface area contributed by atoms with Crippen molar-refractivity contribution in [1.29, 1.82) is 0 Å². The summed E-state index contributed by atoms with van der Waals surface area (Å²) in [6, 6.07) is 15.3. The smallest absolute Gasteiger partial charge is 0.248 e. The van der Waals surface area contributed by atoms with Crippen LogP contribution in [0.3, 0.4) is 0 Å². The van der Waals surface area contributed by atoms with E-state index in [1.54, 1.807) is 12.1 Å². The third kappa shape index (κ3) is 4.86. The first kappa shape index (κ1) is 19.8. The fourth-order valence-electron chi connectivity index (χ4n) is 2.94. The molecular formula is C20H23ClN6O. The van der Waals surface area contributed by atoms with Gasteiger partial charge in [0.2, 0.25) is 11.7 Å². The topological polar surface area (TPSA) is 75.9 Å². The lowest BCUT2D eigenvalue weighted by Crippen LogP contribution is -2.30. The maximum absolute atomic E-state index is 12.3. The van der Waals surface area contributed by atoms with Crippen LogP contribution < -0.4 is 10.2 Å². The Bertz CT molecular complexity index is 921. The predicted octanol–water partition coefficient (Wildman–Crippen LogP) is 3.87. The van der Waals surface area contributed by atoms with Crippen LogP contribution in [0.1, 0.15) is 20.8 Å². The van der Waals surface area contributed by atoms with Gasteiger partial charge in [-0.3, -0.25) is 4.79 Å². The van der Waals surface area contributed by atoms with Crippen LogP contribution in [0.2, 0.25) is 5.02 Å². The van der Waals surface area contributed by atoms with Crippen LogP contribution in [0, 0.1) is 0 Å². The zero-order chi connectivity index (χ0) is 20.1. The average Bonchev–Trinajstić information content (AvgIpc) is 3.12. The van der Waals surface area contributed by atoms with Crippen molar-refractivity contribution in [3.05, 3.63) is 53.6 Å². The van der Waals surface area contributed by atoms with Gasteiger partial charge in [-0.05, 0) is 74.5 Å². The van der Waals surface area contributed by atoms with Crippen molar-refractivity contribution in [2.75, 3.05) is 16.8 Å². The number of amides is 1. The van der Waals surface area contributed by atoms with Gasteiger partial charge in [0.05, 0.1) is 0 Å². The van der Waals surface area contributed by atoms with Crippen molar-refractivity contribution in [2.45, 2.75) is 33.4 Å². The number of carbonyl (C=O) groups excluding carboxylic acids is 1. The summed E-state index contributed by atoms with van der Waals surface area (Å²) in [5, 5.41) is 15.7. The molecule has 8 heteroatoms. The Balaban J connectivity index is 1.61. The van der Waals surface area contributed by atoms with Crippen LogP contribution in [0.4, 0.5) is 11.4 Å². The number of carbonyl (C=O) groups is 1. The number of nitrogens with one attached hydrogen (secondary N) is 1. The van der Waals surface area contributed by atoms with Crippen molar-refractivity contribution in [2.24, 2.45) is 0 Å². The number of benzene rings is 2. The van der Waals surface area contributed by atoms with Gasteiger partial charge in [0, 0.05) is 34.5 Å². The van der Waals surface area contributed by atoms with Crippen LogP contribution in [0.15, 0.2) is 48.5 Å². The van der Waals surface area contributed by atoms with Crippen LogP contribution in [-0.2, 0) is 11.3 Å². The van der Waals surface area contributed by atoms with E-state index in [1.165, 1.54) is 4.80 Å². The van der Waals surface area contributed by atoms with Crippen LogP contribution in [0.5, 0.6) is 0 Å². The highest BCUT2D eigenvalue weighted by molar-refractivity contribution is 6.30. The second kappa shape index (κ2) is 8.84. The summed E-state index contributed by atoms with van der Waals surface area (Å²) in [5.41, 5.74) is 2.64. The number of halogens is 1. The van der Waals surface area contributed by atoms with Crippen LogP contribution in [0.25, 0.3) is 11.4 Å². The highest BCUT2D eigenvalue weighted by atomic mass is 35.5. The molecule has 0 spiro atoms. The number of hydrogen-bond acceptors (Lipinski definition) is 5. The summed E-state index contributed by atoms with van der Waals surface area (Å²) in [6.45, 7) is 7.34. The molecule has 146 valence electrons. The van der Waals surface area contributed by atoms with Gasteiger partial charge in [0.25, 0.3) is 0 Å². The van der Waals surface area contributed by atoms with Crippen molar-refractivity contribution in [3.63, 3.8) is 0 Å². The first-order valence-corrected chi connectivity index (χ1v) is 9.54. The maximum Gasteiger partial charge on any atom is 0.248 e. The monoisotopic (exact) mass is 398 g/mol. The Labute approximate surface area is 169 Å². The average molecular weight is 399 g/mol. The van der Waals surface area contributed by atoms with Crippen molar-refractivity contribution < 1.29 is 4.79 Å². The first-order chi connectivity index (χ1) is 13.5. The number of hydrogen-bond donors (Lipinski definition) is 1. The minimum Gasteiger partial charge on any atom is -0.369 e. The molecule has 0 unspecified atom stereocenters. The van der Waals surface area contributed by atoms with Gasteiger partial charge >= 0.3 is 0 Å². The molecule has 28 heavy (non-hydrogen) atoms. The second-order valence-corrected chi connectivity index (χ2v) is 7.06. The zero-order valence-corrected chi connectivity index (χ0v) is 16.9. The molecule has 3 aromatic rings. The molecule has 0 saturated carbocycles. The molecule has 2 aromatic carbocycles. The van der Waals surface area contributed by atoms with Gasteiger partial charge in [-0.2, -0.15) is 4.80 Å². The molecule has 0 aliphatic carbocycles. The Morgan fingerprint density at radius 1 is 1.14 bits per heavy atom. The minimum atomic E-state index is -0.219. The largest absolute Gasteiger partial charge is 0.369 e. The van der Waals surface area contributed by atoms with E-state index >= 15 is 0 Å². The summed E-state index contributed by atoms with van der Waals surface area (Å²) in [4.78, 5) is 15.8. The lowest BCUT2D eigenvalue weighted by Gasteiger charge is -2.27. The molecule has 0 atom stereocenters. The zero-order valence-electron chi connectivity index (χ0n) is 16.1. The summed E-state index contributed by atoms with van der Waals surface area (Å²) in [6.07, 6.45) is 0. The quantitative estimate of drug-likeness (QED) is 0.653. The highest BCUT2D eigenvalue weighted by Gasteiger charge is 2.11. The Morgan fingerprint density at radius 2 is 1.82 bits per heavy atom. The van der Waals surface area contributed by atoms with Crippen molar-refractivity contribution in [1.82, 2.24) is 20.2 Å². The Morgan fingerprint density at radius 3 is 2.43 bits per heavy atom. The van der Waals surface area contributed by atoms with Gasteiger partial charge in [-0.25, -0.2) is 0 Å². The third-order valence-corrected chi connectivity index (χ3v) is 4.54. The van der Waals surface area contributed by atoms with Crippen molar-refractivity contribution in [3.8, 4) is 11.4 Å². The summed E-state index contributed by atoms with van der Waals surface area (Å²) < 4.78 is 0. The molecule has 0 aliphatic rings. The molecule has 1 aromatic heterocycles.